The molecular weight excluding hydrogens is 318 g/mol. The number of aliphatic imine (C=N–C) groups is 1. The van der Waals surface area contributed by atoms with Crippen molar-refractivity contribution in [2.45, 2.75) is 44.8 Å². The minimum Gasteiger partial charge on any atom is -0.391 e. The van der Waals surface area contributed by atoms with Crippen LogP contribution >= 0.6 is 0 Å². The summed E-state index contributed by atoms with van der Waals surface area (Å²) in [6.45, 7) is 5.22. The Morgan fingerprint density at radius 2 is 2.08 bits per heavy atom. The number of aliphatic hydroxyl groups is 1. The molecule has 25 heavy (non-hydrogen) atoms. The highest BCUT2D eigenvalue weighted by atomic mass is 16.5. The van der Waals surface area contributed by atoms with Crippen LogP contribution in [0, 0.1) is 5.92 Å². The van der Waals surface area contributed by atoms with E-state index in [4.69, 9.17) is 4.52 Å². The molecule has 0 spiro atoms. The zero-order valence-corrected chi connectivity index (χ0v) is 15.2. The summed E-state index contributed by atoms with van der Waals surface area (Å²) in [4.78, 5) is 9.05. The lowest BCUT2D eigenvalue weighted by molar-refractivity contribution is 0.0866. The minimum absolute atomic E-state index is 0.273. The molecule has 1 atom stereocenters. The van der Waals surface area contributed by atoms with E-state index in [1.807, 2.05) is 13.1 Å². The van der Waals surface area contributed by atoms with Crippen molar-refractivity contribution >= 4 is 5.96 Å². The number of nitrogens with zero attached hydrogens (tertiary/aromatic N) is 4. The van der Waals surface area contributed by atoms with Crippen molar-refractivity contribution in [3.05, 3.63) is 18.0 Å². The first-order valence-electron chi connectivity index (χ1n) is 9.51. The van der Waals surface area contributed by atoms with Crippen LogP contribution in [0.25, 0.3) is 0 Å². The van der Waals surface area contributed by atoms with Gasteiger partial charge in [-0.1, -0.05) is 24.4 Å². The van der Waals surface area contributed by atoms with Crippen molar-refractivity contribution in [2.75, 3.05) is 39.8 Å². The largest absolute Gasteiger partial charge is 0.391 e. The summed E-state index contributed by atoms with van der Waals surface area (Å²) in [6.07, 6.45) is 7.48. The first-order valence-corrected chi connectivity index (χ1v) is 9.51. The van der Waals surface area contributed by atoms with Gasteiger partial charge >= 0.3 is 0 Å². The number of hydrogen-bond acceptors (Lipinski definition) is 5. The molecule has 7 heteroatoms. The summed E-state index contributed by atoms with van der Waals surface area (Å²) in [5.41, 5.74) is 0.978. The summed E-state index contributed by atoms with van der Waals surface area (Å²) in [5.74, 6) is 1.34. The molecule has 3 rings (SSSR count). The Balaban J connectivity index is 1.41. The molecule has 1 unspecified atom stereocenters. The van der Waals surface area contributed by atoms with Gasteiger partial charge in [-0.3, -0.25) is 9.89 Å². The van der Waals surface area contributed by atoms with Crippen molar-refractivity contribution < 1.29 is 9.63 Å². The smallest absolute Gasteiger partial charge is 0.193 e. The molecule has 1 saturated carbocycles. The van der Waals surface area contributed by atoms with E-state index >= 15 is 0 Å². The minimum atomic E-state index is -0.273. The van der Waals surface area contributed by atoms with Crippen molar-refractivity contribution in [3.8, 4) is 0 Å². The SMILES string of the molecule is CN=C(NCC(O)C1CCCCC1)N1CCN(Cc2ccon2)CC1. The Labute approximate surface area is 150 Å². The zero-order chi connectivity index (χ0) is 17.5. The highest BCUT2D eigenvalue weighted by Gasteiger charge is 2.24. The van der Waals surface area contributed by atoms with Crippen molar-refractivity contribution in [3.63, 3.8) is 0 Å². The first kappa shape index (κ1) is 18.2. The second-order valence-electron chi connectivity index (χ2n) is 7.15. The third-order valence-corrected chi connectivity index (χ3v) is 5.42. The van der Waals surface area contributed by atoms with E-state index in [2.05, 4.69) is 25.3 Å². The molecule has 1 aromatic rings. The fraction of sp³-hybridized carbons (Fsp3) is 0.778. The van der Waals surface area contributed by atoms with Crippen LogP contribution in [0.4, 0.5) is 0 Å². The van der Waals surface area contributed by atoms with Crippen LogP contribution in [0.15, 0.2) is 21.8 Å². The highest BCUT2D eigenvalue weighted by Crippen LogP contribution is 2.26. The van der Waals surface area contributed by atoms with Gasteiger partial charge in [0.15, 0.2) is 5.96 Å². The van der Waals surface area contributed by atoms with Gasteiger partial charge in [0, 0.05) is 52.4 Å². The predicted octanol–water partition coefficient (Wildman–Crippen LogP) is 1.31. The molecule has 1 saturated heterocycles. The van der Waals surface area contributed by atoms with Crippen LogP contribution in [-0.2, 0) is 6.54 Å². The third kappa shape index (κ3) is 5.19. The number of rotatable bonds is 5. The van der Waals surface area contributed by atoms with E-state index in [0.29, 0.717) is 12.5 Å². The Bertz CT molecular complexity index is 520. The van der Waals surface area contributed by atoms with Gasteiger partial charge in [0.25, 0.3) is 0 Å². The lowest BCUT2D eigenvalue weighted by Gasteiger charge is -2.36. The maximum atomic E-state index is 10.4. The molecule has 0 amide bonds. The molecule has 2 heterocycles. The third-order valence-electron chi connectivity index (χ3n) is 5.42. The molecule has 1 aliphatic carbocycles. The molecule has 7 nitrogen and oxygen atoms in total. The lowest BCUT2D eigenvalue weighted by Crippen LogP contribution is -2.53. The number of guanidine groups is 1. The summed E-state index contributed by atoms with van der Waals surface area (Å²) in [6, 6.07) is 1.92. The molecule has 2 fully saturated rings. The number of hydrogen-bond donors (Lipinski definition) is 2. The Morgan fingerprint density at radius 1 is 1.32 bits per heavy atom. The highest BCUT2D eigenvalue weighted by molar-refractivity contribution is 5.80. The fourth-order valence-corrected chi connectivity index (χ4v) is 3.88. The van der Waals surface area contributed by atoms with Crippen LogP contribution < -0.4 is 5.32 Å². The molecule has 2 N–H and O–H groups in total. The molecular formula is C18H31N5O2. The van der Waals surface area contributed by atoms with Crippen LogP contribution in [0.1, 0.15) is 37.8 Å². The summed E-state index contributed by atoms with van der Waals surface area (Å²) < 4.78 is 4.90. The van der Waals surface area contributed by atoms with E-state index in [9.17, 15) is 5.11 Å². The van der Waals surface area contributed by atoms with Crippen LogP contribution in [0.5, 0.6) is 0 Å². The van der Waals surface area contributed by atoms with E-state index in [-0.39, 0.29) is 6.10 Å². The first-order chi connectivity index (χ1) is 12.3. The van der Waals surface area contributed by atoms with Gasteiger partial charge in [0.2, 0.25) is 0 Å². The monoisotopic (exact) mass is 349 g/mol. The Kier molecular flexibility index (Phi) is 6.69. The molecule has 1 aromatic heterocycles. The van der Waals surface area contributed by atoms with Gasteiger partial charge in [0.05, 0.1) is 11.8 Å². The van der Waals surface area contributed by atoms with E-state index in [1.54, 1.807) is 6.26 Å². The lowest BCUT2D eigenvalue weighted by atomic mass is 9.85. The molecule has 0 bridgehead atoms. The predicted molar refractivity (Wildman–Crippen MR) is 97.3 cm³/mol. The topological polar surface area (TPSA) is 77.1 Å². The Morgan fingerprint density at radius 3 is 2.72 bits per heavy atom. The summed E-state index contributed by atoms with van der Waals surface area (Å²) in [7, 11) is 1.82. The van der Waals surface area contributed by atoms with Gasteiger partial charge in [-0.25, -0.2) is 0 Å². The molecule has 140 valence electrons. The molecule has 0 aromatic carbocycles. The fourth-order valence-electron chi connectivity index (χ4n) is 3.88. The van der Waals surface area contributed by atoms with Gasteiger partial charge < -0.3 is 19.8 Å². The van der Waals surface area contributed by atoms with Crippen LogP contribution in [-0.4, -0.2) is 71.9 Å². The van der Waals surface area contributed by atoms with E-state index in [0.717, 1.165) is 57.2 Å². The second kappa shape index (κ2) is 9.20. The second-order valence-corrected chi connectivity index (χ2v) is 7.15. The number of piperazine rings is 1. The normalized spacial score (nSPS) is 22.2. The molecule has 2 aliphatic rings. The quantitative estimate of drug-likeness (QED) is 0.616. The van der Waals surface area contributed by atoms with Crippen molar-refractivity contribution in [2.24, 2.45) is 10.9 Å². The van der Waals surface area contributed by atoms with Gasteiger partial charge in [-0.2, -0.15) is 0 Å². The van der Waals surface area contributed by atoms with Gasteiger partial charge in [-0.05, 0) is 18.8 Å². The maximum Gasteiger partial charge on any atom is 0.193 e. The number of aromatic nitrogens is 1. The Hall–Kier alpha value is -1.60. The standard InChI is InChI=1S/C18H31N5O2/c1-19-18(20-13-17(24)15-5-3-2-4-6-15)23-10-8-22(9-11-23)14-16-7-12-25-21-16/h7,12,15,17,24H,2-6,8-11,13-14H2,1H3,(H,19,20). The van der Waals surface area contributed by atoms with Crippen molar-refractivity contribution in [1.29, 1.82) is 0 Å². The van der Waals surface area contributed by atoms with Gasteiger partial charge in [-0.15, -0.1) is 0 Å². The average Bonchev–Trinajstić information content (AvgIpc) is 3.17. The van der Waals surface area contributed by atoms with Gasteiger partial charge in [0.1, 0.15) is 6.26 Å². The number of aliphatic hydroxyl groups excluding tert-OH is 1. The maximum absolute atomic E-state index is 10.4. The zero-order valence-electron chi connectivity index (χ0n) is 15.2. The molecule has 1 aliphatic heterocycles. The van der Waals surface area contributed by atoms with E-state index in [1.165, 1.54) is 19.3 Å². The number of nitrogens with one attached hydrogen (secondary N) is 1. The molecule has 0 radical (unpaired) electrons. The van der Waals surface area contributed by atoms with Crippen LogP contribution in [0.2, 0.25) is 0 Å². The summed E-state index contributed by atoms with van der Waals surface area (Å²) in [5, 5.41) is 17.8. The van der Waals surface area contributed by atoms with E-state index < -0.39 is 0 Å². The van der Waals surface area contributed by atoms with Crippen molar-refractivity contribution in [1.82, 2.24) is 20.3 Å². The summed E-state index contributed by atoms with van der Waals surface area (Å²) >= 11 is 0. The van der Waals surface area contributed by atoms with Crippen LogP contribution in [0.3, 0.4) is 0 Å². The average molecular weight is 349 g/mol.